The minimum absolute atomic E-state index is 0.0850. The topological polar surface area (TPSA) is 90.4 Å². The highest BCUT2D eigenvalue weighted by molar-refractivity contribution is 6.30. The summed E-state index contributed by atoms with van der Waals surface area (Å²) in [5, 5.41) is 11.1. The maximum atomic E-state index is 14.6. The van der Waals surface area contributed by atoms with Crippen molar-refractivity contribution in [2.45, 2.75) is 63.3 Å². The van der Waals surface area contributed by atoms with Gasteiger partial charge in [-0.25, -0.2) is 0 Å². The molecular weight excluding hydrogens is 518 g/mol. The van der Waals surface area contributed by atoms with Crippen LogP contribution in [-0.2, 0) is 19.1 Å². The second kappa shape index (κ2) is 11.1. The number of ether oxygens (including phenoxy) is 1. The molecule has 8 nitrogen and oxygen atoms in total. The van der Waals surface area contributed by atoms with Crippen molar-refractivity contribution in [2.24, 2.45) is 17.8 Å². The summed E-state index contributed by atoms with van der Waals surface area (Å²) in [5.41, 5.74) is -1.46. The molecule has 3 aliphatic rings. The number of fused-ring (bicyclic) bond motifs is 1. The Morgan fingerprint density at radius 3 is 2.41 bits per heavy atom. The Hall–Kier alpha value is -2.68. The average Bonchev–Trinajstić information content (AvgIpc) is 3.48. The monoisotopic (exact) mass is 557 g/mol. The molecule has 1 aromatic rings. The number of carbonyl (C=O) groups excluding carboxylic acids is 3. The van der Waals surface area contributed by atoms with Gasteiger partial charge in [0.1, 0.15) is 11.6 Å². The molecule has 212 valence electrons. The van der Waals surface area contributed by atoms with Crippen LogP contribution in [0.5, 0.6) is 0 Å². The number of likely N-dealkylation sites (N-methyl/N-ethyl adjacent to an activating group) is 1. The van der Waals surface area contributed by atoms with Crippen LogP contribution in [0.2, 0.25) is 5.02 Å². The number of rotatable bonds is 11. The molecule has 39 heavy (non-hydrogen) atoms. The van der Waals surface area contributed by atoms with E-state index in [9.17, 15) is 19.5 Å². The molecule has 3 saturated heterocycles. The molecule has 3 aliphatic heterocycles. The van der Waals surface area contributed by atoms with Crippen molar-refractivity contribution in [1.82, 2.24) is 9.80 Å². The van der Waals surface area contributed by atoms with Crippen LogP contribution in [0.4, 0.5) is 5.69 Å². The lowest BCUT2D eigenvalue weighted by atomic mass is 9.66. The van der Waals surface area contributed by atoms with E-state index in [1.165, 1.54) is 0 Å². The summed E-state index contributed by atoms with van der Waals surface area (Å²) in [6.07, 6.45) is 4.98. The van der Waals surface area contributed by atoms with Crippen molar-refractivity contribution in [3.05, 3.63) is 54.6 Å². The van der Waals surface area contributed by atoms with Gasteiger partial charge in [-0.05, 0) is 49.9 Å². The predicted molar refractivity (Wildman–Crippen MR) is 151 cm³/mol. The van der Waals surface area contributed by atoms with E-state index in [1.807, 2.05) is 20.8 Å². The normalized spacial score (nSPS) is 30.6. The van der Waals surface area contributed by atoms with Crippen LogP contribution in [-0.4, -0.2) is 82.7 Å². The number of hydrogen-bond acceptors (Lipinski definition) is 5. The van der Waals surface area contributed by atoms with Crippen LogP contribution in [0.3, 0.4) is 0 Å². The summed E-state index contributed by atoms with van der Waals surface area (Å²) in [6, 6.07) is 5.30. The van der Waals surface area contributed by atoms with Gasteiger partial charge in [-0.2, -0.15) is 0 Å². The first-order valence-corrected chi connectivity index (χ1v) is 14.1. The summed E-state index contributed by atoms with van der Waals surface area (Å²) in [6.45, 7) is 13.6. The van der Waals surface area contributed by atoms with Gasteiger partial charge in [0.05, 0.1) is 30.1 Å². The van der Waals surface area contributed by atoms with Crippen molar-refractivity contribution in [1.29, 1.82) is 0 Å². The predicted octanol–water partition coefficient (Wildman–Crippen LogP) is 3.68. The Kier molecular flexibility index (Phi) is 8.31. The highest BCUT2D eigenvalue weighted by Gasteiger charge is 2.79. The number of likely N-dealkylation sites (tertiary alicyclic amines) is 1. The number of aliphatic hydroxyl groups is 1. The second-order valence-corrected chi connectivity index (χ2v) is 11.8. The first-order chi connectivity index (χ1) is 18.5. The summed E-state index contributed by atoms with van der Waals surface area (Å²) in [5.74, 6) is -2.50. The first kappa shape index (κ1) is 29.3. The van der Waals surface area contributed by atoms with Gasteiger partial charge in [0, 0.05) is 30.8 Å². The van der Waals surface area contributed by atoms with Gasteiger partial charge < -0.3 is 24.5 Å². The SMILES string of the molecule is C=CCN(C)C(=O)[C@@H]1[C@H]2C(=O)N([C@@H](CO)[C@@H](C)CC)C(C(=O)N(CC=C)c3ccc(Cl)cc3)C23CC[C@@]1(C)O3. The fourth-order valence-electron chi connectivity index (χ4n) is 6.93. The van der Waals surface area contributed by atoms with Crippen molar-refractivity contribution in [3.8, 4) is 0 Å². The zero-order valence-electron chi connectivity index (χ0n) is 23.3. The van der Waals surface area contributed by atoms with Gasteiger partial charge in [0.2, 0.25) is 11.8 Å². The van der Waals surface area contributed by atoms with Crippen LogP contribution >= 0.6 is 11.6 Å². The van der Waals surface area contributed by atoms with Crippen molar-refractivity contribution >= 4 is 35.0 Å². The minimum Gasteiger partial charge on any atom is -0.394 e. The Labute approximate surface area is 236 Å². The van der Waals surface area contributed by atoms with Gasteiger partial charge >= 0.3 is 0 Å². The number of nitrogens with zero attached hydrogens (tertiary/aromatic N) is 3. The summed E-state index contributed by atoms with van der Waals surface area (Å²) in [7, 11) is 1.69. The maximum absolute atomic E-state index is 14.6. The molecule has 1 N–H and O–H groups in total. The fraction of sp³-hybridized carbons (Fsp3) is 0.567. The number of hydrogen-bond donors (Lipinski definition) is 1. The van der Waals surface area contributed by atoms with E-state index < -0.39 is 35.1 Å². The van der Waals surface area contributed by atoms with E-state index in [0.717, 1.165) is 0 Å². The molecule has 1 spiro atoms. The Bertz CT molecular complexity index is 1140. The van der Waals surface area contributed by atoms with E-state index in [-0.39, 0.29) is 36.8 Å². The molecule has 9 heteroatoms. The highest BCUT2D eigenvalue weighted by Crippen LogP contribution is 2.64. The van der Waals surface area contributed by atoms with Gasteiger partial charge in [-0.1, -0.05) is 44.0 Å². The molecular formula is C30H40ClN3O5. The molecule has 7 atom stereocenters. The Balaban J connectivity index is 1.87. The number of anilines is 1. The number of halogens is 1. The van der Waals surface area contributed by atoms with E-state index >= 15 is 0 Å². The van der Waals surface area contributed by atoms with Gasteiger partial charge in [0.25, 0.3) is 5.91 Å². The zero-order valence-corrected chi connectivity index (χ0v) is 24.1. The molecule has 2 bridgehead atoms. The molecule has 3 amide bonds. The van der Waals surface area contributed by atoms with Gasteiger partial charge in [0.15, 0.2) is 0 Å². The van der Waals surface area contributed by atoms with Crippen LogP contribution in [0, 0.1) is 17.8 Å². The number of amides is 3. The van der Waals surface area contributed by atoms with Crippen LogP contribution in [0.15, 0.2) is 49.6 Å². The average molecular weight is 558 g/mol. The minimum atomic E-state index is -1.19. The zero-order chi connectivity index (χ0) is 28.7. The molecule has 0 aliphatic carbocycles. The summed E-state index contributed by atoms with van der Waals surface area (Å²) >= 11 is 6.12. The van der Waals surface area contributed by atoms with E-state index in [1.54, 1.807) is 58.2 Å². The standard InChI is InChI=1S/C30H40ClN3O5/c1-7-16-32(6)26(36)23-24-27(37)34(22(18-35)19(4)9-3)25(30(24)15-14-29(23,5)39-30)28(38)33(17-8-2)21-12-10-20(31)11-13-21/h7-8,10-13,19,22-25,35H,1-2,9,14-18H2,3-6H3/t19-,22-,23-,24-,25?,29+,30?/m0/s1. The van der Waals surface area contributed by atoms with E-state index in [4.69, 9.17) is 16.3 Å². The molecule has 2 unspecified atom stereocenters. The van der Waals surface area contributed by atoms with Gasteiger partial charge in [-0.15, -0.1) is 13.2 Å². The molecule has 3 fully saturated rings. The van der Waals surface area contributed by atoms with Crippen LogP contribution < -0.4 is 4.90 Å². The third-order valence-electron chi connectivity index (χ3n) is 9.05. The maximum Gasteiger partial charge on any atom is 0.253 e. The molecule has 3 heterocycles. The second-order valence-electron chi connectivity index (χ2n) is 11.3. The lowest BCUT2D eigenvalue weighted by Crippen LogP contribution is -2.60. The number of aliphatic hydroxyl groups excluding tert-OH is 1. The molecule has 0 aromatic heterocycles. The third-order valence-corrected chi connectivity index (χ3v) is 9.31. The van der Waals surface area contributed by atoms with Gasteiger partial charge in [-0.3, -0.25) is 14.4 Å². The summed E-state index contributed by atoms with van der Waals surface area (Å²) in [4.78, 5) is 47.5. The largest absolute Gasteiger partial charge is 0.394 e. The van der Waals surface area contributed by atoms with E-state index in [2.05, 4.69) is 13.2 Å². The van der Waals surface area contributed by atoms with E-state index in [0.29, 0.717) is 36.5 Å². The first-order valence-electron chi connectivity index (χ1n) is 13.7. The van der Waals surface area contributed by atoms with Crippen molar-refractivity contribution in [2.75, 3.05) is 31.6 Å². The lowest BCUT2D eigenvalue weighted by Gasteiger charge is -2.41. The number of carbonyl (C=O) groups is 3. The Morgan fingerprint density at radius 1 is 1.21 bits per heavy atom. The van der Waals surface area contributed by atoms with Crippen molar-refractivity contribution in [3.63, 3.8) is 0 Å². The number of benzene rings is 1. The molecule has 0 radical (unpaired) electrons. The molecule has 0 saturated carbocycles. The lowest BCUT2D eigenvalue weighted by molar-refractivity contribution is -0.152. The van der Waals surface area contributed by atoms with Crippen LogP contribution in [0.25, 0.3) is 0 Å². The quantitative estimate of drug-likeness (QED) is 0.419. The smallest absolute Gasteiger partial charge is 0.253 e. The summed E-state index contributed by atoms with van der Waals surface area (Å²) < 4.78 is 6.75. The Morgan fingerprint density at radius 2 is 1.85 bits per heavy atom. The van der Waals surface area contributed by atoms with Crippen molar-refractivity contribution < 1.29 is 24.2 Å². The van der Waals surface area contributed by atoms with Crippen LogP contribution in [0.1, 0.15) is 40.0 Å². The highest BCUT2D eigenvalue weighted by atomic mass is 35.5. The fourth-order valence-corrected chi connectivity index (χ4v) is 7.06. The molecule has 1 aromatic carbocycles. The third kappa shape index (κ3) is 4.60. The molecule has 4 rings (SSSR count).